The molecule has 0 N–H and O–H groups in total. The number of hydrogen-bond acceptors (Lipinski definition) is 12. The summed E-state index contributed by atoms with van der Waals surface area (Å²) in [5.74, 6) is -1.20. The maximum absolute atomic E-state index is 15.4. The van der Waals surface area contributed by atoms with Crippen LogP contribution in [0.3, 0.4) is 0 Å². The largest absolute Gasteiger partial charge is 0.469 e. The predicted molar refractivity (Wildman–Crippen MR) is 202 cm³/mol. The monoisotopic (exact) mass is 750 g/mol. The van der Waals surface area contributed by atoms with Crippen LogP contribution < -0.4 is 10.6 Å². The van der Waals surface area contributed by atoms with Gasteiger partial charge in [0, 0.05) is 55.4 Å². The normalized spacial score (nSPS) is 11.3. The summed E-state index contributed by atoms with van der Waals surface area (Å²) in [6.45, 7) is 8.14. The van der Waals surface area contributed by atoms with Crippen LogP contribution in [0.2, 0.25) is 0 Å². The van der Waals surface area contributed by atoms with E-state index in [0.717, 1.165) is 16.7 Å². The Morgan fingerprint density at radius 2 is 1.02 bits per heavy atom. The van der Waals surface area contributed by atoms with Crippen molar-refractivity contribution in [2.45, 2.75) is 59.5 Å². The fraction of sp³-hybridized carbons (Fsp3) is 0.425. The Morgan fingerprint density at radius 1 is 0.623 bits per heavy atom. The van der Waals surface area contributed by atoms with Gasteiger partial charge >= 0.3 is 17.9 Å². The summed E-state index contributed by atoms with van der Waals surface area (Å²) in [4.78, 5) is 66.6. The molecule has 0 aliphatic rings. The van der Waals surface area contributed by atoms with Crippen LogP contribution in [-0.4, -0.2) is 93.8 Å². The molecule has 0 radical (unpaired) electrons. The highest BCUT2D eigenvalue weighted by molar-refractivity contribution is 7.93. The first-order chi connectivity index (χ1) is 25.4. The van der Waals surface area contributed by atoms with E-state index in [9.17, 15) is 19.2 Å². The van der Waals surface area contributed by atoms with E-state index in [4.69, 9.17) is 18.9 Å². The average Bonchev–Trinajstić information content (AvgIpc) is 3.18. The van der Waals surface area contributed by atoms with Crippen molar-refractivity contribution in [2.75, 3.05) is 54.1 Å². The second-order valence-corrected chi connectivity index (χ2v) is 15.3. The minimum atomic E-state index is -3.93. The molecule has 0 amide bonds. The lowest BCUT2D eigenvalue weighted by molar-refractivity contribution is -0.142. The highest BCUT2D eigenvalue weighted by Crippen LogP contribution is 2.49. The van der Waals surface area contributed by atoms with Crippen molar-refractivity contribution >= 4 is 47.7 Å². The van der Waals surface area contributed by atoms with Crippen LogP contribution in [0.15, 0.2) is 60.7 Å². The molecule has 0 fully saturated rings. The third kappa shape index (κ3) is 11.4. The molecular weight excluding hydrogens is 699 g/mol. The fourth-order valence-corrected chi connectivity index (χ4v) is 9.00. The summed E-state index contributed by atoms with van der Waals surface area (Å²) in [6.07, 6.45) is 0.748. The first kappa shape index (κ1) is 42.8. The second kappa shape index (κ2) is 21.2. The summed E-state index contributed by atoms with van der Waals surface area (Å²) < 4.78 is 35.1. The van der Waals surface area contributed by atoms with Crippen molar-refractivity contribution in [1.29, 1.82) is 0 Å². The van der Waals surface area contributed by atoms with Gasteiger partial charge in [-0.05, 0) is 55.0 Å². The number of esters is 3. The topological polar surface area (TPSA) is 146 Å². The molecule has 0 saturated carbocycles. The summed E-state index contributed by atoms with van der Waals surface area (Å²) in [5, 5.41) is 0.817. The molecule has 12 nitrogen and oxygen atoms in total. The molecule has 0 bridgehead atoms. The summed E-state index contributed by atoms with van der Waals surface area (Å²) in [6, 6.07) is 17.5. The molecule has 0 heterocycles. The van der Waals surface area contributed by atoms with E-state index in [2.05, 4.69) is 0 Å². The van der Waals surface area contributed by atoms with E-state index in [0.29, 0.717) is 59.8 Å². The number of hydrogen-bond donors (Lipinski definition) is 0. The van der Waals surface area contributed by atoms with Gasteiger partial charge in [-0.25, -0.2) is 0 Å². The SMILES string of the molecule is COC(=O)CCN(CCCOC=O)Cc1c(C)c(CN(CCC(=O)OC)CCC(=O)OC)c(C)c(C(=O)P(=O)(c2ccccc2)c2ccccc2)c1C. The van der Waals surface area contributed by atoms with Crippen molar-refractivity contribution in [1.82, 2.24) is 9.80 Å². The predicted octanol–water partition coefficient (Wildman–Crippen LogP) is 4.62. The van der Waals surface area contributed by atoms with E-state index in [-0.39, 0.29) is 51.5 Å². The van der Waals surface area contributed by atoms with Crippen LogP contribution in [-0.2, 0) is 55.8 Å². The number of carbonyl (C=O) groups excluding carboxylic acids is 5. The first-order valence-electron chi connectivity index (χ1n) is 17.5. The van der Waals surface area contributed by atoms with Crippen LogP contribution in [0.1, 0.15) is 63.9 Å². The molecule has 3 aromatic carbocycles. The molecule has 0 spiro atoms. The van der Waals surface area contributed by atoms with E-state index >= 15 is 9.36 Å². The highest BCUT2D eigenvalue weighted by atomic mass is 31.2. The summed E-state index contributed by atoms with van der Waals surface area (Å²) in [5.41, 5.74) is 3.58. The van der Waals surface area contributed by atoms with Gasteiger partial charge in [-0.15, -0.1) is 0 Å². The van der Waals surface area contributed by atoms with Gasteiger partial charge in [-0.2, -0.15) is 0 Å². The molecule has 0 atom stereocenters. The summed E-state index contributed by atoms with van der Waals surface area (Å²) in [7, 11) is 0.0255. The number of carbonyl (C=O) groups is 5. The Kier molecular flexibility index (Phi) is 17.1. The van der Waals surface area contributed by atoms with Crippen molar-refractivity contribution in [2.24, 2.45) is 0 Å². The number of ether oxygens (including phenoxy) is 4. The van der Waals surface area contributed by atoms with Gasteiger partial charge in [0.25, 0.3) is 6.47 Å². The Labute approximate surface area is 312 Å². The Morgan fingerprint density at radius 3 is 1.40 bits per heavy atom. The van der Waals surface area contributed by atoms with Gasteiger partial charge in [-0.3, -0.25) is 33.8 Å². The van der Waals surface area contributed by atoms with Crippen LogP contribution in [0.5, 0.6) is 0 Å². The minimum Gasteiger partial charge on any atom is -0.469 e. The molecular formula is C40H51N2O10P. The highest BCUT2D eigenvalue weighted by Gasteiger charge is 2.39. The van der Waals surface area contributed by atoms with E-state index in [1.807, 2.05) is 42.7 Å². The maximum Gasteiger partial charge on any atom is 0.306 e. The molecule has 0 aromatic heterocycles. The van der Waals surface area contributed by atoms with Gasteiger partial charge in [0.05, 0.1) is 47.2 Å². The first-order valence-corrected chi connectivity index (χ1v) is 19.2. The lowest BCUT2D eigenvalue weighted by atomic mass is 9.87. The zero-order chi connectivity index (χ0) is 39.0. The van der Waals surface area contributed by atoms with Gasteiger partial charge in [0.1, 0.15) is 0 Å². The molecule has 3 aromatic rings. The van der Waals surface area contributed by atoms with E-state index in [1.54, 1.807) is 48.5 Å². The molecule has 13 heteroatoms. The van der Waals surface area contributed by atoms with Gasteiger partial charge in [0.2, 0.25) is 12.7 Å². The van der Waals surface area contributed by atoms with Crippen molar-refractivity contribution in [3.05, 3.63) is 94.0 Å². The lowest BCUT2D eigenvalue weighted by Gasteiger charge is -2.30. The molecule has 53 heavy (non-hydrogen) atoms. The second-order valence-electron chi connectivity index (χ2n) is 12.6. The molecule has 0 aliphatic heterocycles. The third-order valence-corrected chi connectivity index (χ3v) is 12.3. The fourth-order valence-electron chi connectivity index (χ4n) is 6.40. The van der Waals surface area contributed by atoms with Crippen molar-refractivity contribution < 1.29 is 47.5 Å². The molecule has 0 unspecified atom stereocenters. The standard InChI is InChI=1S/C40H51N2O10P/c1-29-34(26-41(21-13-25-52-28-43)22-18-36(44)49-4)30(2)39(31(3)35(29)27-42(23-19-37(45)50-5)24-20-38(46)51-6)40(47)53(48,32-14-9-7-10-15-32)33-16-11-8-12-17-33/h7-12,14-17,28H,13,18-27H2,1-6H3. The lowest BCUT2D eigenvalue weighted by Crippen LogP contribution is -2.32. The molecule has 0 saturated heterocycles. The Bertz CT molecular complexity index is 1700. The van der Waals surface area contributed by atoms with Crippen LogP contribution >= 0.6 is 7.14 Å². The van der Waals surface area contributed by atoms with Gasteiger partial charge < -0.3 is 23.5 Å². The van der Waals surface area contributed by atoms with Crippen LogP contribution in [0.4, 0.5) is 0 Å². The van der Waals surface area contributed by atoms with E-state index < -0.39 is 24.6 Å². The number of nitrogens with zero attached hydrogens (tertiary/aromatic N) is 2. The smallest absolute Gasteiger partial charge is 0.306 e. The zero-order valence-electron chi connectivity index (χ0n) is 31.6. The molecule has 3 rings (SSSR count). The number of methoxy groups -OCH3 is 3. The molecule has 0 aliphatic carbocycles. The Hall–Kier alpha value is -4.64. The van der Waals surface area contributed by atoms with E-state index in [1.165, 1.54) is 21.3 Å². The van der Waals surface area contributed by atoms with Crippen molar-refractivity contribution in [3.63, 3.8) is 0 Å². The van der Waals surface area contributed by atoms with Gasteiger partial charge in [0.15, 0.2) is 0 Å². The van der Waals surface area contributed by atoms with Crippen LogP contribution in [0, 0.1) is 20.8 Å². The maximum atomic E-state index is 15.4. The van der Waals surface area contributed by atoms with Gasteiger partial charge in [-0.1, -0.05) is 60.7 Å². The minimum absolute atomic E-state index is 0.0711. The molecule has 286 valence electrons. The zero-order valence-corrected chi connectivity index (χ0v) is 32.4. The Balaban J connectivity index is 2.28. The third-order valence-electron chi connectivity index (χ3n) is 9.45. The van der Waals surface area contributed by atoms with Crippen molar-refractivity contribution in [3.8, 4) is 0 Å². The number of rotatable bonds is 22. The summed E-state index contributed by atoms with van der Waals surface area (Å²) >= 11 is 0. The quantitative estimate of drug-likeness (QED) is 0.0465. The average molecular weight is 751 g/mol. The number of benzene rings is 3. The van der Waals surface area contributed by atoms with Crippen LogP contribution in [0.25, 0.3) is 0 Å².